The molecule has 1 N–H and O–H groups in total. The maximum atomic E-state index is 12.5. The predicted molar refractivity (Wildman–Crippen MR) is 114 cm³/mol. The van der Waals surface area contributed by atoms with E-state index in [0.29, 0.717) is 19.0 Å². The molecule has 0 aliphatic carbocycles. The molecule has 1 aliphatic heterocycles. The molecular formula is C21H24N4O3S. The van der Waals surface area contributed by atoms with Crippen LogP contribution in [0.1, 0.15) is 25.7 Å². The number of aromatic nitrogens is 2. The first-order valence-corrected chi connectivity index (χ1v) is 11.5. The largest absolute Gasteiger partial charge is 0.296 e. The summed E-state index contributed by atoms with van der Waals surface area (Å²) >= 11 is 0. The van der Waals surface area contributed by atoms with Crippen LogP contribution in [-0.4, -0.2) is 47.0 Å². The number of hydrogen-bond donors (Lipinski definition) is 1. The first-order chi connectivity index (χ1) is 14.0. The molecule has 1 fully saturated rings. The number of anilines is 1. The maximum Gasteiger partial charge on any atom is 0.226 e. The molecule has 29 heavy (non-hydrogen) atoms. The SMILES string of the molecule is O=C(CCCS(=O)(=O)N1CCCC1)Nc1nc2ccccc2n1-c1ccccc1. The van der Waals surface area contributed by atoms with Crippen LogP contribution in [0.4, 0.5) is 5.95 Å². The number of hydrogen-bond acceptors (Lipinski definition) is 4. The summed E-state index contributed by atoms with van der Waals surface area (Å²) in [5.74, 6) is 0.189. The van der Waals surface area contributed by atoms with Gasteiger partial charge in [-0.3, -0.25) is 14.7 Å². The molecule has 1 amide bonds. The second-order valence-corrected chi connectivity index (χ2v) is 9.26. The lowest BCUT2D eigenvalue weighted by molar-refractivity contribution is -0.116. The average Bonchev–Trinajstić information content (AvgIpc) is 3.37. The Balaban J connectivity index is 1.47. The number of para-hydroxylation sites is 3. The van der Waals surface area contributed by atoms with E-state index in [1.807, 2.05) is 59.2 Å². The minimum atomic E-state index is -3.27. The number of nitrogens with one attached hydrogen (secondary N) is 1. The third-order valence-corrected chi connectivity index (χ3v) is 7.05. The standard InChI is InChI=1S/C21H24N4O3S/c26-20(13-8-16-29(27,28)24-14-6-7-15-24)23-21-22-18-11-4-5-12-19(18)25(21)17-9-2-1-3-10-17/h1-5,9-12H,6-8,13-16H2,(H,22,23,26). The van der Waals surface area contributed by atoms with Crippen LogP contribution >= 0.6 is 0 Å². The summed E-state index contributed by atoms with van der Waals surface area (Å²) in [5.41, 5.74) is 2.57. The molecule has 0 atom stereocenters. The van der Waals surface area contributed by atoms with Crippen LogP contribution in [0.25, 0.3) is 16.7 Å². The molecule has 4 rings (SSSR count). The molecule has 1 aliphatic rings. The molecule has 1 aromatic heterocycles. The minimum Gasteiger partial charge on any atom is -0.296 e. The Hall–Kier alpha value is -2.71. The first-order valence-electron chi connectivity index (χ1n) is 9.85. The van der Waals surface area contributed by atoms with E-state index in [4.69, 9.17) is 0 Å². The van der Waals surface area contributed by atoms with Crippen LogP contribution in [0.5, 0.6) is 0 Å². The molecule has 0 bridgehead atoms. The highest BCUT2D eigenvalue weighted by molar-refractivity contribution is 7.89. The Morgan fingerprint density at radius 1 is 1.00 bits per heavy atom. The summed E-state index contributed by atoms with van der Waals surface area (Å²) in [7, 11) is -3.27. The fraction of sp³-hybridized carbons (Fsp3) is 0.333. The Morgan fingerprint density at radius 3 is 2.45 bits per heavy atom. The third-order valence-electron chi connectivity index (χ3n) is 5.09. The van der Waals surface area contributed by atoms with Crippen molar-refractivity contribution >= 4 is 32.9 Å². The second-order valence-electron chi connectivity index (χ2n) is 7.17. The van der Waals surface area contributed by atoms with Crippen LogP contribution < -0.4 is 5.32 Å². The smallest absolute Gasteiger partial charge is 0.226 e. The molecule has 0 radical (unpaired) electrons. The zero-order chi connectivity index (χ0) is 20.3. The number of benzene rings is 2. The molecule has 2 heterocycles. The highest BCUT2D eigenvalue weighted by Gasteiger charge is 2.25. The van der Waals surface area contributed by atoms with Gasteiger partial charge in [-0.25, -0.2) is 17.7 Å². The van der Waals surface area contributed by atoms with Crippen molar-refractivity contribution in [2.45, 2.75) is 25.7 Å². The molecule has 0 saturated carbocycles. The quantitative estimate of drug-likeness (QED) is 0.646. The van der Waals surface area contributed by atoms with E-state index in [0.717, 1.165) is 29.6 Å². The number of sulfonamides is 1. The van der Waals surface area contributed by atoms with Gasteiger partial charge in [0, 0.05) is 25.2 Å². The van der Waals surface area contributed by atoms with Crippen LogP contribution in [0.15, 0.2) is 54.6 Å². The van der Waals surface area contributed by atoms with Crippen LogP contribution in [0.2, 0.25) is 0 Å². The second kappa shape index (κ2) is 8.34. The zero-order valence-corrected chi connectivity index (χ0v) is 16.9. The lowest BCUT2D eigenvalue weighted by atomic mass is 10.3. The van der Waals surface area contributed by atoms with E-state index in [1.165, 1.54) is 4.31 Å². The number of amides is 1. The Labute approximate surface area is 170 Å². The van der Waals surface area contributed by atoms with E-state index in [9.17, 15) is 13.2 Å². The van der Waals surface area contributed by atoms with E-state index in [-0.39, 0.29) is 24.5 Å². The van der Waals surface area contributed by atoms with Gasteiger partial charge in [-0.2, -0.15) is 0 Å². The highest BCUT2D eigenvalue weighted by Crippen LogP contribution is 2.24. The predicted octanol–water partition coefficient (Wildman–Crippen LogP) is 3.17. The van der Waals surface area contributed by atoms with Crippen LogP contribution in [0.3, 0.4) is 0 Å². The van der Waals surface area contributed by atoms with Gasteiger partial charge in [0.2, 0.25) is 21.9 Å². The fourth-order valence-corrected chi connectivity index (χ4v) is 5.23. The van der Waals surface area contributed by atoms with Gasteiger partial charge in [0.15, 0.2) is 0 Å². The van der Waals surface area contributed by atoms with Gasteiger partial charge >= 0.3 is 0 Å². The van der Waals surface area contributed by atoms with Crippen molar-refractivity contribution in [3.05, 3.63) is 54.6 Å². The Bertz CT molecular complexity index is 1100. The van der Waals surface area contributed by atoms with Crippen molar-refractivity contribution in [3.63, 3.8) is 0 Å². The summed E-state index contributed by atoms with van der Waals surface area (Å²) in [6, 6.07) is 17.4. The van der Waals surface area contributed by atoms with Gasteiger partial charge in [-0.15, -0.1) is 0 Å². The number of carbonyl (C=O) groups is 1. The molecule has 7 nitrogen and oxygen atoms in total. The fourth-order valence-electron chi connectivity index (χ4n) is 3.65. The third kappa shape index (κ3) is 4.33. The molecule has 1 saturated heterocycles. The summed E-state index contributed by atoms with van der Waals surface area (Å²) in [6.07, 6.45) is 2.24. The van der Waals surface area contributed by atoms with Crippen molar-refractivity contribution in [2.24, 2.45) is 0 Å². The monoisotopic (exact) mass is 412 g/mol. The zero-order valence-electron chi connectivity index (χ0n) is 16.1. The van der Waals surface area contributed by atoms with Gasteiger partial charge < -0.3 is 0 Å². The number of carbonyl (C=O) groups excluding carboxylic acids is 1. The molecular weight excluding hydrogens is 388 g/mol. The topological polar surface area (TPSA) is 84.3 Å². The van der Waals surface area contributed by atoms with E-state index in [2.05, 4.69) is 10.3 Å². The van der Waals surface area contributed by atoms with Crippen molar-refractivity contribution in [2.75, 3.05) is 24.2 Å². The van der Waals surface area contributed by atoms with E-state index < -0.39 is 10.0 Å². The summed E-state index contributed by atoms with van der Waals surface area (Å²) in [5, 5.41) is 2.86. The molecule has 8 heteroatoms. The molecule has 152 valence electrons. The maximum absolute atomic E-state index is 12.5. The van der Waals surface area contributed by atoms with Crippen molar-refractivity contribution in [1.82, 2.24) is 13.9 Å². The number of imidazole rings is 1. The van der Waals surface area contributed by atoms with Crippen molar-refractivity contribution in [3.8, 4) is 5.69 Å². The minimum absolute atomic E-state index is 0.00444. The first kappa shape index (κ1) is 19.6. The van der Waals surface area contributed by atoms with Gasteiger partial charge in [-0.05, 0) is 43.5 Å². The Kier molecular flexibility index (Phi) is 5.64. The average molecular weight is 413 g/mol. The summed E-state index contributed by atoms with van der Waals surface area (Å²) < 4.78 is 28.0. The number of fused-ring (bicyclic) bond motifs is 1. The van der Waals surface area contributed by atoms with E-state index in [1.54, 1.807) is 0 Å². The number of rotatable bonds is 7. The molecule has 0 unspecified atom stereocenters. The lowest BCUT2D eigenvalue weighted by Crippen LogP contribution is -2.30. The van der Waals surface area contributed by atoms with Crippen molar-refractivity contribution in [1.29, 1.82) is 0 Å². The molecule has 3 aromatic rings. The van der Waals surface area contributed by atoms with Gasteiger partial charge in [0.25, 0.3) is 0 Å². The van der Waals surface area contributed by atoms with Gasteiger partial charge in [-0.1, -0.05) is 30.3 Å². The summed E-state index contributed by atoms with van der Waals surface area (Å²) in [6.45, 7) is 1.19. The van der Waals surface area contributed by atoms with Crippen LogP contribution in [-0.2, 0) is 14.8 Å². The normalized spacial score (nSPS) is 15.0. The Morgan fingerprint density at radius 2 is 1.69 bits per heavy atom. The van der Waals surface area contributed by atoms with E-state index >= 15 is 0 Å². The molecule has 0 spiro atoms. The lowest BCUT2D eigenvalue weighted by Gasteiger charge is -2.15. The van der Waals surface area contributed by atoms with Crippen molar-refractivity contribution < 1.29 is 13.2 Å². The van der Waals surface area contributed by atoms with Gasteiger partial charge in [0.1, 0.15) is 0 Å². The molecule has 2 aromatic carbocycles. The van der Waals surface area contributed by atoms with Crippen LogP contribution in [0, 0.1) is 0 Å². The summed E-state index contributed by atoms with van der Waals surface area (Å²) in [4.78, 5) is 17.1. The van der Waals surface area contributed by atoms with Gasteiger partial charge in [0.05, 0.1) is 16.8 Å². The number of nitrogens with zero attached hydrogens (tertiary/aromatic N) is 3. The highest BCUT2D eigenvalue weighted by atomic mass is 32.2.